The van der Waals surface area contributed by atoms with Crippen LogP contribution in [0.25, 0.3) is 0 Å². The van der Waals surface area contributed by atoms with Gasteiger partial charge in [-0.3, -0.25) is 14.9 Å². The van der Waals surface area contributed by atoms with E-state index < -0.39 is 5.54 Å². The predicted octanol–water partition coefficient (Wildman–Crippen LogP) is 1.09. The summed E-state index contributed by atoms with van der Waals surface area (Å²) in [6.45, 7) is 4.82. The summed E-state index contributed by atoms with van der Waals surface area (Å²) in [6, 6.07) is 3.73. The number of carbonyl (C=O) groups excluding carboxylic acids is 1. The molecule has 0 radical (unpaired) electrons. The molecule has 3 N–H and O–H groups in total. The first kappa shape index (κ1) is 12.7. The summed E-state index contributed by atoms with van der Waals surface area (Å²) < 4.78 is 7.45. The summed E-state index contributed by atoms with van der Waals surface area (Å²) in [7, 11) is 0. The second kappa shape index (κ2) is 4.08. The maximum Gasteiger partial charge on any atom is 0.259 e. The second-order valence-electron chi connectivity index (χ2n) is 6.16. The van der Waals surface area contributed by atoms with Crippen LogP contribution in [0.5, 0.6) is 0 Å². The van der Waals surface area contributed by atoms with Gasteiger partial charge in [0.15, 0.2) is 0 Å². The molecule has 2 heterocycles. The lowest BCUT2D eigenvalue weighted by atomic mass is 9.46. The van der Waals surface area contributed by atoms with Crippen LogP contribution in [-0.2, 0) is 9.53 Å². The highest BCUT2D eigenvalue weighted by Crippen LogP contribution is 2.57. The van der Waals surface area contributed by atoms with Crippen molar-refractivity contribution in [3.05, 3.63) is 24.5 Å². The van der Waals surface area contributed by atoms with Crippen molar-refractivity contribution in [2.45, 2.75) is 38.3 Å². The van der Waals surface area contributed by atoms with E-state index >= 15 is 0 Å². The summed E-state index contributed by atoms with van der Waals surface area (Å²) in [5.74, 6) is -0.00716. The molecule has 1 aliphatic heterocycles. The molecular formula is C14H21N3O2. The molecule has 1 amide bonds. The van der Waals surface area contributed by atoms with Crippen LogP contribution in [0.3, 0.4) is 0 Å². The summed E-state index contributed by atoms with van der Waals surface area (Å²) in [5.41, 5.74) is 8.14. The molecule has 2 aliphatic rings. The van der Waals surface area contributed by atoms with E-state index in [1.165, 1.54) is 0 Å². The van der Waals surface area contributed by atoms with Crippen molar-refractivity contribution in [1.82, 2.24) is 4.68 Å². The normalized spacial score (nSPS) is 36.2. The van der Waals surface area contributed by atoms with E-state index in [4.69, 9.17) is 10.5 Å². The Hall–Kier alpha value is -1.33. The van der Waals surface area contributed by atoms with Gasteiger partial charge in [-0.1, -0.05) is 13.8 Å². The van der Waals surface area contributed by atoms with Crippen molar-refractivity contribution < 1.29 is 9.53 Å². The number of carbonyl (C=O) groups is 1. The number of rotatable bonds is 2. The molecule has 0 spiro atoms. The average Bonchev–Trinajstić information content (AvgIpc) is 2.90. The van der Waals surface area contributed by atoms with Crippen LogP contribution in [0.4, 0.5) is 0 Å². The zero-order valence-corrected chi connectivity index (χ0v) is 11.4. The van der Waals surface area contributed by atoms with Gasteiger partial charge in [0.1, 0.15) is 5.54 Å². The van der Waals surface area contributed by atoms with Crippen molar-refractivity contribution in [2.75, 3.05) is 12.0 Å². The topological polar surface area (TPSA) is 69.3 Å². The molecule has 3 atom stereocenters. The van der Waals surface area contributed by atoms with Crippen LogP contribution < -0.4 is 11.2 Å². The lowest BCUT2D eigenvalue weighted by Gasteiger charge is -2.64. The third-order valence-corrected chi connectivity index (χ3v) is 4.90. The largest absolute Gasteiger partial charge is 0.377 e. The smallest absolute Gasteiger partial charge is 0.259 e. The first-order chi connectivity index (χ1) is 8.98. The fourth-order valence-corrected chi connectivity index (χ4v) is 3.66. The van der Waals surface area contributed by atoms with Gasteiger partial charge in [0.2, 0.25) is 0 Å². The van der Waals surface area contributed by atoms with Gasteiger partial charge in [0.25, 0.3) is 5.91 Å². The Morgan fingerprint density at radius 2 is 2.11 bits per heavy atom. The van der Waals surface area contributed by atoms with E-state index in [0.29, 0.717) is 0 Å². The average molecular weight is 263 g/mol. The first-order valence-corrected chi connectivity index (χ1v) is 6.83. The zero-order chi connectivity index (χ0) is 13.7. The maximum absolute atomic E-state index is 12.6. The van der Waals surface area contributed by atoms with Gasteiger partial charge in [-0.25, -0.2) is 0 Å². The summed E-state index contributed by atoms with van der Waals surface area (Å²) in [6.07, 6.45) is 5.63. The second-order valence-corrected chi connectivity index (χ2v) is 6.16. The molecule has 0 bridgehead atoms. The highest BCUT2D eigenvalue weighted by Gasteiger charge is 2.70. The summed E-state index contributed by atoms with van der Waals surface area (Å²) in [5, 5.41) is 0. The minimum Gasteiger partial charge on any atom is -0.377 e. The fraction of sp³-hybridized carbons (Fsp3) is 0.643. The third kappa shape index (κ3) is 1.58. The Labute approximate surface area is 113 Å². The molecule has 3 unspecified atom stereocenters. The Kier molecular flexibility index (Phi) is 2.73. The fourth-order valence-electron chi connectivity index (χ4n) is 3.66. The number of hydrogen-bond acceptors (Lipinski definition) is 3. The van der Waals surface area contributed by atoms with Gasteiger partial charge >= 0.3 is 0 Å². The number of nitrogens with two attached hydrogens (primary N) is 1. The standard InChI is InChI=1S/C14H21N3O2/c1-13(2)11-10(6-5-9-19-11)14(13,15)12(18)16-17-7-3-4-8-17/h3-4,7-8,10-11H,5-6,9,15H2,1-2H3,(H,16,18). The number of ether oxygens (including phenoxy) is 1. The van der Waals surface area contributed by atoms with Gasteiger partial charge in [0, 0.05) is 30.3 Å². The highest BCUT2D eigenvalue weighted by atomic mass is 16.5. The van der Waals surface area contributed by atoms with Crippen molar-refractivity contribution in [3.63, 3.8) is 0 Å². The maximum atomic E-state index is 12.6. The lowest BCUT2D eigenvalue weighted by molar-refractivity contribution is -0.223. The van der Waals surface area contributed by atoms with Crippen molar-refractivity contribution >= 4 is 5.91 Å². The number of hydrogen-bond donors (Lipinski definition) is 2. The zero-order valence-electron chi connectivity index (χ0n) is 11.4. The van der Waals surface area contributed by atoms with Gasteiger partial charge < -0.3 is 10.5 Å². The molecule has 3 rings (SSSR count). The molecule has 1 aliphatic carbocycles. The first-order valence-electron chi connectivity index (χ1n) is 6.83. The molecule has 0 aromatic carbocycles. The van der Waals surface area contributed by atoms with Gasteiger partial charge in [0.05, 0.1) is 6.10 Å². The van der Waals surface area contributed by atoms with Gasteiger partial charge in [-0.2, -0.15) is 0 Å². The predicted molar refractivity (Wildman–Crippen MR) is 72.0 cm³/mol. The van der Waals surface area contributed by atoms with Gasteiger partial charge in [-0.05, 0) is 25.0 Å². The SMILES string of the molecule is CC1(C)C2OCCCC2C1(N)C(=O)Nn1cccc1. The number of aromatic nitrogens is 1. The molecule has 19 heavy (non-hydrogen) atoms. The Balaban J connectivity index is 1.83. The Bertz CT molecular complexity index is 483. The Morgan fingerprint density at radius 3 is 2.79 bits per heavy atom. The van der Waals surface area contributed by atoms with E-state index in [1.807, 2.05) is 26.0 Å². The van der Waals surface area contributed by atoms with Crippen LogP contribution >= 0.6 is 0 Å². The minimum atomic E-state index is -0.859. The molecule has 1 saturated heterocycles. The van der Waals surface area contributed by atoms with E-state index in [0.717, 1.165) is 19.4 Å². The molecule has 5 nitrogen and oxygen atoms in total. The van der Waals surface area contributed by atoms with Crippen LogP contribution in [0.15, 0.2) is 24.5 Å². The molecular weight excluding hydrogens is 242 g/mol. The quantitative estimate of drug-likeness (QED) is 0.839. The van der Waals surface area contributed by atoms with E-state index in [1.54, 1.807) is 17.1 Å². The monoisotopic (exact) mass is 263 g/mol. The number of amides is 1. The molecule has 1 saturated carbocycles. The Morgan fingerprint density at radius 1 is 1.42 bits per heavy atom. The highest BCUT2D eigenvalue weighted by molar-refractivity contribution is 5.95. The molecule has 104 valence electrons. The van der Waals surface area contributed by atoms with Gasteiger partial charge in [-0.15, -0.1) is 0 Å². The van der Waals surface area contributed by atoms with Crippen molar-refractivity contribution in [2.24, 2.45) is 17.1 Å². The molecule has 1 aromatic heterocycles. The number of fused-ring (bicyclic) bond motifs is 1. The molecule has 1 aromatic rings. The third-order valence-electron chi connectivity index (χ3n) is 4.90. The minimum absolute atomic E-state index is 0.0988. The summed E-state index contributed by atoms with van der Waals surface area (Å²) >= 11 is 0. The van der Waals surface area contributed by atoms with Crippen LogP contribution in [0.2, 0.25) is 0 Å². The molecule has 2 fully saturated rings. The number of nitrogens with one attached hydrogen (secondary N) is 1. The van der Waals surface area contributed by atoms with Crippen LogP contribution in [0, 0.1) is 11.3 Å². The summed E-state index contributed by atoms with van der Waals surface area (Å²) in [4.78, 5) is 12.6. The van der Waals surface area contributed by atoms with Crippen LogP contribution in [0.1, 0.15) is 26.7 Å². The van der Waals surface area contributed by atoms with Crippen LogP contribution in [-0.4, -0.2) is 28.8 Å². The molecule has 5 heteroatoms. The van der Waals surface area contributed by atoms with Crippen molar-refractivity contribution in [3.8, 4) is 0 Å². The number of nitrogens with zero attached hydrogens (tertiary/aromatic N) is 1. The van der Waals surface area contributed by atoms with E-state index in [9.17, 15) is 4.79 Å². The van der Waals surface area contributed by atoms with E-state index in [-0.39, 0.29) is 23.3 Å². The lowest BCUT2D eigenvalue weighted by Crippen LogP contribution is -2.82. The van der Waals surface area contributed by atoms with Crippen molar-refractivity contribution in [1.29, 1.82) is 0 Å². The van der Waals surface area contributed by atoms with E-state index in [2.05, 4.69) is 5.43 Å².